The quantitative estimate of drug-likeness (QED) is 0.771. The van der Waals surface area contributed by atoms with Crippen LogP contribution < -0.4 is 10.9 Å². The molecule has 5 nitrogen and oxygen atoms in total. The van der Waals surface area contributed by atoms with Crippen molar-refractivity contribution < 1.29 is 14.3 Å². The number of carbonyl (C=O) groups is 1. The summed E-state index contributed by atoms with van der Waals surface area (Å²) in [7, 11) is 0. The Balaban J connectivity index is 1.64. The van der Waals surface area contributed by atoms with Gasteiger partial charge in [0.25, 0.3) is 0 Å². The number of hydrogen-bond acceptors (Lipinski definition) is 4. The van der Waals surface area contributed by atoms with Crippen LogP contribution in [0.5, 0.6) is 0 Å². The van der Waals surface area contributed by atoms with Gasteiger partial charge in [0.15, 0.2) is 0 Å². The average Bonchev–Trinajstić information content (AvgIpc) is 2.88. The van der Waals surface area contributed by atoms with E-state index >= 15 is 0 Å². The summed E-state index contributed by atoms with van der Waals surface area (Å²) in [6.07, 6.45) is 0.430. The van der Waals surface area contributed by atoms with Gasteiger partial charge in [0.1, 0.15) is 6.61 Å². The highest BCUT2D eigenvalue weighted by atomic mass is 16.6. The summed E-state index contributed by atoms with van der Waals surface area (Å²) in [6, 6.07) is 9.73. The predicted octanol–water partition coefficient (Wildman–Crippen LogP) is 1.21. The molecule has 1 aliphatic rings. The Morgan fingerprint density at radius 1 is 1.41 bits per heavy atom. The van der Waals surface area contributed by atoms with Crippen molar-refractivity contribution in [2.75, 3.05) is 13.2 Å². The van der Waals surface area contributed by atoms with Crippen LogP contribution in [0.4, 0.5) is 4.79 Å². The van der Waals surface area contributed by atoms with Crippen molar-refractivity contribution in [3.05, 3.63) is 35.9 Å². The first-order valence-electron chi connectivity index (χ1n) is 5.64. The minimum Gasteiger partial charge on any atom is -0.444 e. The second-order valence-corrected chi connectivity index (χ2v) is 3.89. The zero-order valence-electron chi connectivity index (χ0n) is 9.52. The standard InChI is InChI=1S/C12H16N2O3/c15-12(14-13-11-6-7-16-9-11)17-8-10-4-2-1-3-5-10/h1-5,11,13H,6-9H2,(H,14,15)/t11-/m1/s1. The molecule has 0 radical (unpaired) electrons. The van der Waals surface area contributed by atoms with Gasteiger partial charge in [0.2, 0.25) is 0 Å². The molecule has 0 bridgehead atoms. The van der Waals surface area contributed by atoms with Crippen LogP contribution >= 0.6 is 0 Å². The molecule has 92 valence electrons. The van der Waals surface area contributed by atoms with Crippen LogP contribution in [0.1, 0.15) is 12.0 Å². The van der Waals surface area contributed by atoms with Gasteiger partial charge in [-0.25, -0.2) is 10.2 Å². The maximum Gasteiger partial charge on any atom is 0.421 e. The Bertz CT molecular complexity index is 350. The second-order valence-electron chi connectivity index (χ2n) is 3.89. The smallest absolute Gasteiger partial charge is 0.421 e. The number of amides is 1. The van der Waals surface area contributed by atoms with Crippen LogP contribution in [0.25, 0.3) is 0 Å². The minimum absolute atomic E-state index is 0.180. The van der Waals surface area contributed by atoms with Crippen molar-refractivity contribution in [2.24, 2.45) is 0 Å². The zero-order valence-corrected chi connectivity index (χ0v) is 9.52. The molecule has 2 N–H and O–H groups in total. The molecule has 2 rings (SSSR count). The molecule has 1 aliphatic heterocycles. The number of rotatable bonds is 4. The first kappa shape index (κ1) is 11.9. The molecule has 0 saturated carbocycles. The summed E-state index contributed by atoms with van der Waals surface area (Å²) in [5.41, 5.74) is 6.34. The van der Waals surface area contributed by atoms with E-state index in [1.165, 1.54) is 0 Å². The maximum atomic E-state index is 11.3. The van der Waals surface area contributed by atoms with Gasteiger partial charge in [-0.2, -0.15) is 0 Å². The highest BCUT2D eigenvalue weighted by Gasteiger charge is 2.15. The lowest BCUT2D eigenvalue weighted by Crippen LogP contribution is -2.44. The van der Waals surface area contributed by atoms with E-state index in [1.807, 2.05) is 30.3 Å². The van der Waals surface area contributed by atoms with Crippen LogP contribution in [0, 0.1) is 0 Å². The fourth-order valence-corrected chi connectivity index (χ4v) is 1.57. The van der Waals surface area contributed by atoms with Crippen molar-refractivity contribution in [1.82, 2.24) is 10.9 Å². The number of benzene rings is 1. The van der Waals surface area contributed by atoms with Crippen molar-refractivity contribution in [2.45, 2.75) is 19.1 Å². The van der Waals surface area contributed by atoms with E-state index in [4.69, 9.17) is 9.47 Å². The molecule has 1 saturated heterocycles. The molecular weight excluding hydrogens is 220 g/mol. The van der Waals surface area contributed by atoms with Gasteiger partial charge in [-0.1, -0.05) is 30.3 Å². The van der Waals surface area contributed by atoms with E-state index in [0.717, 1.165) is 18.6 Å². The molecule has 1 fully saturated rings. The Labute approximate surface area is 100 Å². The summed E-state index contributed by atoms with van der Waals surface area (Å²) in [6.45, 7) is 1.63. The average molecular weight is 236 g/mol. The van der Waals surface area contributed by atoms with E-state index in [2.05, 4.69) is 10.9 Å². The van der Waals surface area contributed by atoms with E-state index in [-0.39, 0.29) is 12.6 Å². The molecule has 17 heavy (non-hydrogen) atoms. The van der Waals surface area contributed by atoms with Crippen molar-refractivity contribution in [1.29, 1.82) is 0 Å². The third-order valence-corrected chi connectivity index (χ3v) is 2.52. The van der Waals surface area contributed by atoms with E-state index < -0.39 is 6.09 Å². The van der Waals surface area contributed by atoms with Gasteiger partial charge in [0, 0.05) is 6.61 Å². The highest BCUT2D eigenvalue weighted by Crippen LogP contribution is 2.02. The molecular formula is C12H16N2O3. The van der Waals surface area contributed by atoms with Crippen LogP contribution in [0.2, 0.25) is 0 Å². The summed E-state index contributed by atoms with van der Waals surface area (Å²) < 4.78 is 10.2. The molecule has 1 aromatic carbocycles. The Kier molecular flexibility index (Phi) is 4.35. The summed E-state index contributed by atoms with van der Waals surface area (Å²) >= 11 is 0. The third-order valence-electron chi connectivity index (χ3n) is 2.52. The minimum atomic E-state index is -0.472. The fourth-order valence-electron chi connectivity index (χ4n) is 1.57. The lowest BCUT2D eigenvalue weighted by molar-refractivity contribution is 0.131. The molecule has 0 spiro atoms. The van der Waals surface area contributed by atoms with Crippen molar-refractivity contribution >= 4 is 6.09 Å². The maximum absolute atomic E-state index is 11.3. The molecule has 1 amide bonds. The Hall–Kier alpha value is -1.59. The lowest BCUT2D eigenvalue weighted by atomic mass is 10.2. The third kappa shape index (κ3) is 4.05. The molecule has 0 aliphatic carbocycles. The van der Waals surface area contributed by atoms with E-state index in [1.54, 1.807) is 0 Å². The first-order valence-corrected chi connectivity index (χ1v) is 5.64. The molecule has 0 unspecified atom stereocenters. The molecule has 1 heterocycles. The molecule has 1 aromatic rings. The van der Waals surface area contributed by atoms with Gasteiger partial charge >= 0.3 is 6.09 Å². The first-order chi connectivity index (χ1) is 8.34. The monoisotopic (exact) mass is 236 g/mol. The number of hydrazine groups is 1. The number of carbonyl (C=O) groups excluding carboxylic acids is 1. The van der Waals surface area contributed by atoms with Gasteiger partial charge < -0.3 is 9.47 Å². The summed E-state index contributed by atoms with van der Waals surface area (Å²) in [5, 5.41) is 0. The van der Waals surface area contributed by atoms with Gasteiger partial charge in [-0.15, -0.1) is 0 Å². The van der Waals surface area contributed by atoms with Crippen LogP contribution in [0.3, 0.4) is 0 Å². The molecule has 0 aromatic heterocycles. The number of ether oxygens (including phenoxy) is 2. The van der Waals surface area contributed by atoms with Crippen LogP contribution in [0.15, 0.2) is 30.3 Å². The lowest BCUT2D eigenvalue weighted by Gasteiger charge is -2.12. The summed E-state index contributed by atoms with van der Waals surface area (Å²) in [5.74, 6) is 0. The summed E-state index contributed by atoms with van der Waals surface area (Å²) in [4.78, 5) is 11.3. The molecule has 5 heteroatoms. The Morgan fingerprint density at radius 3 is 2.94 bits per heavy atom. The van der Waals surface area contributed by atoms with Crippen LogP contribution in [-0.2, 0) is 16.1 Å². The molecule has 1 atom stereocenters. The number of hydrogen-bond donors (Lipinski definition) is 2. The Morgan fingerprint density at radius 2 is 2.24 bits per heavy atom. The number of nitrogens with one attached hydrogen (secondary N) is 2. The van der Waals surface area contributed by atoms with Crippen molar-refractivity contribution in [3.8, 4) is 0 Å². The van der Waals surface area contributed by atoms with E-state index in [9.17, 15) is 4.79 Å². The largest absolute Gasteiger partial charge is 0.444 e. The van der Waals surface area contributed by atoms with Crippen LogP contribution in [-0.4, -0.2) is 25.3 Å². The normalized spacial score (nSPS) is 18.9. The van der Waals surface area contributed by atoms with E-state index in [0.29, 0.717) is 6.61 Å². The van der Waals surface area contributed by atoms with Crippen molar-refractivity contribution in [3.63, 3.8) is 0 Å². The van der Waals surface area contributed by atoms with Gasteiger partial charge in [-0.3, -0.25) is 5.43 Å². The fraction of sp³-hybridized carbons (Fsp3) is 0.417. The predicted molar refractivity (Wildman–Crippen MR) is 62.1 cm³/mol. The van der Waals surface area contributed by atoms with Gasteiger partial charge in [-0.05, 0) is 12.0 Å². The second kappa shape index (κ2) is 6.22. The topological polar surface area (TPSA) is 59.6 Å². The SMILES string of the molecule is O=C(NN[C@@H]1CCOC1)OCc1ccccc1. The highest BCUT2D eigenvalue weighted by molar-refractivity contribution is 5.66. The van der Waals surface area contributed by atoms with Gasteiger partial charge in [0.05, 0.1) is 12.6 Å². The zero-order chi connectivity index (χ0) is 11.9.